The van der Waals surface area contributed by atoms with Gasteiger partial charge in [0.1, 0.15) is 12.3 Å². The Morgan fingerprint density at radius 1 is 1.40 bits per heavy atom. The van der Waals surface area contributed by atoms with E-state index in [0.29, 0.717) is 15.0 Å². The van der Waals surface area contributed by atoms with Gasteiger partial charge in [-0.2, -0.15) is 18.3 Å². The van der Waals surface area contributed by atoms with E-state index in [0.717, 1.165) is 0 Å². The minimum absolute atomic E-state index is 0.0752. The van der Waals surface area contributed by atoms with Gasteiger partial charge >= 0.3 is 18.2 Å². The Kier molecular flexibility index (Phi) is 3.96. The van der Waals surface area contributed by atoms with Crippen LogP contribution in [0.15, 0.2) is 24.4 Å². The molecule has 1 atom stereocenters. The molecule has 1 aromatic heterocycles. The average Bonchev–Trinajstić information content (AvgIpc) is 2.99. The number of aromatic nitrogens is 2. The minimum Gasteiger partial charge on any atom is -0.482 e. The van der Waals surface area contributed by atoms with Crippen LogP contribution in [0.2, 0.25) is 0 Å². The molecular weight excluding hydrogens is 353 g/mol. The molecule has 1 amide bonds. The lowest BCUT2D eigenvalue weighted by Gasteiger charge is -2.19. The third kappa shape index (κ3) is 3.59. The Balaban J connectivity index is 1.84. The summed E-state index contributed by atoms with van der Waals surface area (Å²) in [6.07, 6.45) is -6.48. The van der Waals surface area contributed by atoms with Gasteiger partial charge in [0, 0.05) is 11.5 Å². The molecule has 11 heteroatoms. The summed E-state index contributed by atoms with van der Waals surface area (Å²) < 4.78 is 71.2. The van der Waals surface area contributed by atoms with Gasteiger partial charge in [-0.05, 0) is 12.1 Å². The molecule has 0 bridgehead atoms. The van der Waals surface area contributed by atoms with Crippen LogP contribution in [0.1, 0.15) is 0 Å². The Labute approximate surface area is 137 Å². The number of amides is 1. The highest BCUT2D eigenvalue weighted by Crippen LogP contribution is 2.32. The lowest BCUT2D eigenvalue weighted by atomic mass is 10.2. The predicted molar refractivity (Wildman–Crippen MR) is 74.7 cm³/mol. The first kappa shape index (κ1) is 17.2. The number of hydrogen-bond donors (Lipinski definition) is 1. The molecule has 0 saturated carbocycles. The second-order valence-electron chi connectivity index (χ2n) is 5.67. The van der Waals surface area contributed by atoms with Crippen molar-refractivity contribution in [2.45, 2.75) is 24.7 Å². The van der Waals surface area contributed by atoms with Crippen molar-refractivity contribution in [1.29, 1.82) is 0 Å². The molecule has 0 aliphatic carbocycles. The second-order valence-corrected chi connectivity index (χ2v) is 5.67. The van der Waals surface area contributed by atoms with E-state index in [1.807, 2.05) is 0 Å². The van der Waals surface area contributed by atoms with E-state index in [1.165, 1.54) is 24.4 Å². The van der Waals surface area contributed by atoms with Gasteiger partial charge in [-0.25, -0.2) is 13.6 Å². The molecule has 136 valence electrons. The summed E-state index contributed by atoms with van der Waals surface area (Å²) in [4.78, 5) is 11.3. The number of halogens is 5. The van der Waals surface area contributed by atoms with Crippen molar-refractivity contribution < 1.29 is 36.6 Å². The highest BCUT2D eigenvalue weighted by Gasteiger charge is 2.51. The monoisotopic (exact) mass is 365 g/mol. The van der Waals surface area contributed by atoms with Gasteiger partial charge in [-0.3, -0.25) is 9.58 Å². The molecule has 25 heavy (non-hydrogen) atoms. The molecule has 1 aliphatic heterocycles. The lowest BCUT2D eigenvalue weighted by molar-refractivity contribution is -0.141. The zero-order valence-corrected chi connectivity index (χ0v) is 12.5. The largest absolute Gasteiger partial charge is 0.482 e. The van der Waals surface area contributed by atoms with Crippen LogP contribution in [0.4, 0.5) is 26.7 Å². The number of hydrogen-bond acceptors (Lipinski definition) is 3. The number of carbonyl (C=O) groups is 1. The average molecular weight is 365 g/mol. The van der Waals surface area contributed by atoms with E-state index >= 15 is 0 Å². The van der Waals surface area contributed by atoms with Crippen LogP contribution in [-0.2, 0) is 6.54 Å². The zero-order valence-electron chi connectivity index (χ0n) is 12.5. The molecule has 2 heterocycles. The number of alkyl halides is 5. The van der Waals surface area contributed by atoms with Crippen molar-refractivity contribution in [1.82, 2.24) is 14.7 Å². The van der Waals surface area contributed by atoms with Gasteiger partial charge < -0.3 is 9.84 Å². The molecule has 6 nitrogen and oxygen atoms in total. The predicted octanol–water partition coefficient (Wildman–Crippen LogP) is 2.97. The number of rotatable bonds is 3. The molecule has 1 saturated heterocycles. The lowest BCUT2D eigenvalue weighted by Crippen LogP contribution is -2.36. The van der Waals surface area contributed by atoms with E-state index in [1.54, 1.807) is 0 Å². The van der Waals surface area contributed by atoms with Gasteiger partial charge in [0.2, 0.25) is 0 Å². The van der Waals surface area contributed by atoms with Crippen molar-refractivity contribution in [3.8, 4) is 5.75 Å². The van der Waals surface area contributed by atoms with Crippen LogP contribution in [0.25, 0.3) is 10.9 Å². The van der Waals surface area contributed by atoms with Gasteiger partial charge in [-0.1, -0.05) is 0 Å². The van der Waals surface area contributed by atoms with Gasteiger partial charge in [0.05, 0.1) is 24.8 Å². The quantitative estimate of drug-likeness (QED) is 0.850. The minimum atomic E-state index is -4.49. The molecule has 2 aromatic rings. The summed E-state index contributed by atoms with van der Waals surface area (Å²) in [5.74, 6) is -3.49. The van der Waals surface area contributed by atoms with Gasteiger partial charge in [0.25, 0.3) is 0 Å². The maximum Gasteiger partial charge on any atom is 0.408 e. The van der Waals surface area contributed by atoms with Crippen molar-refractivity contribution in [3.05, 3.63) is 24.4 Å². The topological polar surface area (TPSA) is 67.6 Å². The maximum absolute atomic E-state index is 13.9. The van der Waals surface area contributed by atoms with Crippen molar-refractivity contribution in [3.63, 3.8) is 0 Å². The van der Waals surface area contributed by atoms with Gasteiger partial charge in [0.15, 0.2) is 6.10 Å². The first-order chi connectivity index (χ1) is 11.5. The van der Waals surface area contributed by atoms with Crippen LogP contribution in [0.3, 0.4) is 0 Å². The summed E-state index contributed by atoms with van der Waals surface area (Å²) in [5, 5.41) is 12.8. The summed E-state index contributed by atoms with van der Waals surface area (Å²) in [7, 11) is 0. The highest BCUT2D eigenvalue weighted by molar-refractivity contribution is 5.80. The number of likely N-dealkylation sites (tertiary alicyclic amines) is 1. The fraction of sp³-hybridized carbons (Fsp3) is 0.429. The Morgan fingerprint density at radius 3 is 2.72 bits per heavy atom. The Hall–Kier alpha value is -2.59. The third-order valence-electron chi connectivity index (χ3n) is 3.75. The normalized spacial score (nSPS) is 20.2. The maximum atomic E-state index is 13.9. The Bertz CT molecular complexity index is 805. The number of benzene rings is 1. The molecule has 1 aromatic carbocycles. The van der Waals surface area contributed by atoms with E-state index < -0.39 is 43.9 Å². The van der Waals surface area contributed by atoms with Gasteiger partial charge in [-0.15, -0.1) is 0 Å². The van der Waals surface area contributed by atoms with E-state index in [-0.39, 0.29) is 11.3 Å². The SMILES string of the molecule is O=C(O)N1C[C@H](Oc2ccc3cnn(CC(F)(F)F)c3c2)C(F)(F)C1. The molecule has 1 fully saturated rings. The summed E-state index contributed by atoms with van der Waals surface area (Å²) in [5.41, 5.74) is 0.0752. The smallest absolute Gasteiger partial charge is 0.408 e. The van der Waals surface area contributed by atoms with Crippen LogP contribution >= 0.6 is 0 Å². The third-order valence-corrected chi connectivity index (χ3v) is 3.75. The number of nitrogens with zero attached hydrogens (tertiary/aromatic N) is 3. The van der Waals surface area contributed by atoms with E-state index in [9.17, 15) is 26.7 Å². The van der Waals surface area contributed by atoms with E-state index in [4.69, 9.17) is 9.84 Å². The summed E-state index contributed by atoms with van der Waals surface area (Å²) >= 11 is 0. The first-order valence-electron chi connectivity index (χ1n) is 7.10. The van der Waals surface area contributed by atoms with Crippen molar-refractivity contribution >= 4 is 17.0 Å². The number of carboxylic acid groups (broad SMARTS) is 1. The van der Waals surface area contributed by atoms with Crippen molar-refractivity contribution in [2.75, 3.05) is 13.1 Å². The fourth-order valence-electron chi connectivity index (χ4n) is 2.61. The summed E-state index contributed by atoms with van der Waals surface area (Å²) in [6, 6.07) is 3.89. The standard InChI is InChI=1S/C14H12F5N3O3/c15-13(16)6-21(12(23)24)5-11(13)25-9-2-1-8-4-20-22(10(8)3-9)7-14(17,18)19/h1-4,11H,5-7H2,(H,23,24)/t11-/m0/s1. The van der Waals surface area contributed by atoms with Crippen LogP contribution in [0, 0.1) is 0 Å². The highest BCUT2D eigenvalue weighted by atomic mass is 19.4. The number of fused-ring (bicyclic) bond motifs is 1. The van der Waals surface area contributed by atoms with Crippen LogP contribution in [-0.4, -0.2) is 57.2 Å². The molecule has 1 N–H and O–H groups in total. The molecule has 0 unspecified atom stereocenters. The number of ether oxygens (including phenoxy) is 1. The molecule has 0 radical (unpaired) electrons. The molecular formula is C14H12F5N3O3. The molecule has 1 aliphatic rings. The second kappa shape index (κ2) is 5.74. The van der Waals surface area contributed by atoms with Crippen LogP contribution in [0.5, 0.6) is 5.75 Å². The van der Waals surface area contributed by atoms with Crippen LogP contribution < -0.4 is 4.74 Å². The first-order valence-corrected chi connectivity index (χ1v) is 7.10. The fourth-order valence-corrected chi connectivity index (χ4v) is 2.61. The van der Waals surface area contributed by atoms with Crippen molar-refractivity contribution in [2.24, 2.45) is 0 Å². The Morgan fingerprint density at radius 2 is 2.12 bits per heavy atom. The molecule has 3 rings (SSSR count). The summed E-state index contributed by atoms with van der Waals surface area (Å²) in [6.45, 7) is -2.87. The van der Waals surface area contributed by atoms with E-state index in [2.05, 4.69) is 5.10 Å². The zero-order chi connectivity index (χ0) is 18.4. The molecule has 0 spiro atoms.